The van der Waals surface area contributed by atoms with Gasteiger partial charge in [0.2, 0.25) is 0 Å². The molecule has 0 aliphatic carbocycles. The zero-order chi connectivity index (χ0) is 12.3. The lowest BCUT2D eigenvalue weighted by Gasteiger charge is -2.37. The fourth-order valence-corrected chi connectivity index (χ4v) is 2.10. The van der Waals surface area contributed by atoms with Crippen LogP contribution in [0.15, 0.2) is 24.3 Å². The van der Waals surface area contributed by atoms with Crippen LogP contribution in [-0.4, -0.2) is 37.1 Å². The molecule has 1 aliphatic heterocycles. The number of rotatable bonds is 2. The van der Waals surface area contributed by atoms with E-state index in [4.69, 9.17) is 5.26 Å². The molecule has 90 valence electrons. The smallest absolute Gasteiger partial charge is 0.123 e. The first kappa shape index (κ1) is 11.9. The van der Waals surface area contributed by atoms with Gasteiger partial charge in [-0.2, -0.15) is 5.26 Å². The van der Waals surface area contributed by atoms with Crippen LogP contribution in [0.4, 0.5) is 10.1 Å². The Labute approximate surface area is 101 Å². The zero-order valence-corrected chi connectivity index (χ0v) is 9.93. The molecule has 0 aromatic heterocycles. The second-order valence-corrected chi connectivity index (χ2v) is 4.30. The summed E-state index contributed by atoms with van der Waals surface area (Å²) in [4.78, 5) is 4.39. The third-order valence-electron chi connectivity index (χ3n) is 3.24. The number of nitriles is 1. The largest absolute Gasteiger partial charge is 0.369 e. The van der Waals surface area contributed by atoms with Gasteiger partial charge in [-0.25, -0.2) is 4.39 Å². The summed E-state index contributed by atoms with van der Waals surface area (Å²) in [5.74, 6) is -0.203. The highest BCUT2D eigenvalue weighted by Crippen LogP contribution is 2.17. The molecule has 0 spiro atoms. The monoisotopic (exact) mass is 233 g/mol. The quantitative estimate of drug-likeness (QED) is 0.781. The van der Waals surface area contributed by atoms with Crippen LogP contribution < -0.4 is 4.90 Å². The molecular weight excluding hydrogens is 217 g/mol. The molecule has 0 bridgehead atoms. The van der Waals surface area contributed by atoms with E-state index in [2.05, 4.69) is 15.9 Å². The Balaban J connectivity index is 1.95. The van der Waals surface area contributed by atoms with Crippen molar-refractivity contribution >= 4 is 5.69 Å². The Kier molecular flexibility index (Phi) is 3.60. The van der Waals surface area contributed by atoms with Crippen molar-refractivity contribution in [2.24, 2.45) is 0 Å². The zero-order valence-electron chi connectivity index (χ0n) is 9.93. The van der Waals surface area contributed by atoms with Gasteiger partial charge in [0.05, 0.1) is 12.1 Å². The third-order valence-corrected chi connectivity index (χ3v) is 3.24. The van der Waals surface area contributed by atoms with E-state index in [0.717, 1.165) is 31.9 Å². The topological polar surface area (TPSA) is 30.3 Å². The highest BCUT2D eigenvalue weighted by Gasteiger charge is 2.20. The molecule has 1 atom stereocenters. The van der Waals surface area contributed by atoms with Crippen LogP contribution in [0, 0.1) is 17.1 Å². The Morgan fingerprint density at radius 1 is 1.18 bits per heavy atom. The molecule has 17 heavy (non-hydrogen) atoms. The van der Waals surface area contributed by atoms with Gasteiger partial charge in [-0.3, -0.25) is 4.90 Å². The van der Waals surface area contributed by atoms with Gasteiger partial charge in [0.1, 0.15) is 5.82 Å². The average molecular weight is 233 g/mol. The van der Waals surface area contributed by atoms with Gasteiger partial charge >= 0.3 is 0 Å². The molecule has 0 N–H and O–H groups in total. The Morgan fingerprint density at radius 3 is 2.29 bits per heavy atom. The Morgan fingerprint density at radius 2 is 1.76 bits per heavy atom. The van der Waals surface area contributed by atoms with E-state index < -0.39 is 0 Å². The lowest BCUT2D eigenvalue weighted by molar-refractivity contribution is 0.231. The number of benzene rings is 1. The fraction of sp³-hybridized carbons (Fsp3) is 0.462. The molecule has 0 amide bonds. The molecule has 0 unspecified atom stereocenters. The standard InChI is InChI=1S/C13H16FN3/c1-11(10-15)16-6-8-17(9-7-16)13-4-2-12(14)3-5-13/h2-5,11H,6-9H2,1H3/t11-/m1/s1. The van der Waals surface area contributed by atoms with Crippen molar-refractivity contribution in [2.45, 2.75) is 13.0 Å². The molecule has 1 heterocycles. The van der Waals surface area contributed by atoms with Crippen molar-refractivity contribution < 1.29 is 4.39 Å². The lowest BCUT2D eigenvalue weighted by atomic mass is 10.2. The second kappa shape index (κ2) is 5.15. The molecule has 1 fully saturated rings. The number of piperazine rings is 1. The maximum Gasteiger partial charge on any atom is 0.123 e. The maximum absolute atomic E-state index is 12.8. The lowest BCUT2D eigenvalue weighted by Crippen LogP contribution is -2.49. The van der Waals surface area contributed by atoms with Crippen molar-refractivity contribution in [3.05, 3.63) is 30.1 Å². The number of halogens is 1. The fourth-order valence-electron chi connectivity index (χ4n) is 2.10. The van der Waals surface area contributed by atoms with E-state index in [0.29, 0.717) is 0 Å². The third kappa shape index (κ3) is 2.75. The molecule has 1 aromatic carbocycles. The van der Waals surface area contributed by atoms with Crippen molar-refractivity contribution in [3.63, 3.8) is 0 Å². The molecule has 0 radical (unpaired) electrons. The first-order chi connectivity index (χ1) is 8.20. The van der Waals surface area contributed by atoms with Crippen molar-refractivity contribution in [2.75, 3.05) is 31.1 Å². The first-order valence-corrected chi connectivity index (χ1v) is 5.85. The Hall–Kier alpha value is -1.60. The van der Waals surface area contributed by atoms with E-state index in [1.165, 1.54) is 12.1 Å². The minimum Gasteiger partial charge on any atom is -0.369 e. The van der Waals surface area contributed by atoms with Gasteiger partial charge in [-0.05, 0) is 31.2 Å². The summed E-state index contributed by atoms with van der Waals surface area (Å²) >= 11 is 0. The first-order valence-electron chi connectivity index (χ1n) is 5.85. The van der Waals surface area contributed by atoms with Crippen LogP contribution >= 0.6 is 0 Å². The molecule has 1 aromatic rings. The van der Waals surface area contributed by atoms with Gasteiger partial charge in [0, 0.05) is 31.9 Å². The van der Waals surface area contributed by atoms with Crippen LogP contribution in [0.5, 0.6) is 0 Å². The Bertz CT molecular complexity index is 402. The molecule has 1 aliphatic rings. The molecule has 3 nitrogen and oxygen atoms in total. The number of nitrogens with zero attached hydrogens (tertiary/aromatic N) is 3. The summed E-state index contributed by atoms with van der Waals surface area (Å²) in [5.41, 5.74) is 1.05. The summed E-state index contributed by atoms with van der Waals surface area (Å²) < 4.78 is 12.8. The van der Waals surface area contributed by atoms with Gasteiger partial charge in [-0.15, -0.1) is 0 Å². The minimum atomic E-state index is -0.203. The van der Waals surface area contributed by atoms with Crippen molar-refractivity contribution in [1.82, 2.24) is 4.90 Å². The SMILES string of the molecule is C[C@H](C#N)N1CCN(c2ccc(F)cc2)CC1. The molecule has 1 saturated heterocycles. The van der Waals surface area contributed by atoms with Crippen LogP contribution in [-0.2, 0) is 0 Å². The molecular formula is C13H16FN3. The van der Waals surface area contributed by atoms with Crippen LogP contribution in [0.2, 0.25) is 0 Å². The van der Waals surface area contributed by atoms with E-state index in [9.17, 15) is 4.39 Å². The van der Waals surface area contributed by atoms with Crippen LogP contribution in [0.1, 0.15) is 6.92 Å². The van der Waals surface area contributed by atoms with Crippen molar-refractivity contribution in [1.29, 1.82) is 5.26 Å². The van der Waals surface area contributed by atoms with E-state index in [1.807, 2.05) is 6.92 Å². The highest BCUT2D eigenvalue weighted by molar-refractivity contribution is 5.46. The number of hydrogen-bond donors (Lipinski definition) is 0. The molecule has 0 saturated carbocycles. The molecule has 2 rings (SSSR count). The van der Waals surface area contributed by atoms with Crippen molar-refractivity contribution in [3.8, 4) is 6.07 Å². The van der Waals surface area contributed by atoms with Crippen LogP contribution in [0.3, 0.4) is 0 Å². The normalized spacial score (nSPS) is 18.8. The summed E-state index contributed by atoms with van der Waals surface area (Å²) in [6.07, 6.45) is 0. The predicted molar refractivity (Wildman–Crippen MR) is 65.3 cm³/mol. The van der Waals surface area contributed by atoms with E-state index in [1.54, 1.807) is 12.1 Å². The average Bonchev–Trinajstić information content (AvgIpc) is 2.39. The summed E-state index contributed by atoms with van der Waals surface area (Å²) in [5, 5.41) is 8.85. The molecule has 4 heteroatoms. The van der Waals surface area contributed by atoms with E-state index in [-0.39, 0.29) is 11.9 Å². The maximum atomic E-state index is 12.8. The number of hydrogen-bond acceptors (Lipinski definition) is 3. The predicted octanol–water partition coefficient (Wildman–Crippen LogP) is 1.86. The van der Waals surface area contributed by atoms with Gasteiger partial charge in [-0.1, -0.05) is 0 Å². The van der Waals surface area contributed by atoms with Gasteiger partial charge in [0.15, 0.2) is 0 Å². The van der Waals surface area contributed by atoms with Crippen LogP contribution in [0.25, 0.3) is 0 Å². The highest BCUT2D eigenvalue weighted by atomic mass is 19.1. The number of anilines is 1. The van der Waals surface area contributed by atoms with Gasteiger partial charge in [0.25, 0.3) is 0 Å². The summed E-state index contributed by atoms with van der Waals surface area (Å²) in [6.45, 7) is 5.46. The second-order valence-electron chi connectivity index (χ2n) is 4.30. The summed E-state index contributed by atoms with van der Waals surface area (Å²) in [6, 6.07) is 8.81. The van der Waals surface area contributed by atoms with Gasteiger partial charge < -0.3 is 4.90 Å². The van der Waals surface area contributed by atoms with E-state index >= 15 is 0 Å². The minimum absolute atomic E-state index is 0.0228. The summed E-state index contributed by atoms with van der Waals surface area (Å²) in [7, 11) is 0.